The van der Waals surface area contributed by atoms with Crippen LogP contribution in [0.1, 0.15) is 52.4 Å². The number of nitrogens with two attached hydrogens (primary N) is 1. The molecule has 0 amide bonds. The topological polar surface area (TPSA) is 50.5 Å². The first kappa shape index (κ1) is 15.2. The van der Waals surface area contributed by atoms with Crippen molar-refractivity contribution in [3.63, 3.8) is 0 Å². The summed E-state index contributed by atoms with van der Waals surface area (Å²) in [5.74, 6) is 6.65. The van der Waals surface area contributed by atoms with Gasteiger partial charge in [-0.15, -0.1) is 0 Å². The summed E-state index contributed by atoms with van der Waals surface area (Å²) in [7, 11) is 0. The molecule has 4 nitrogen and oxygen atoms in total. The van der Waals surface area contributed by atoms with E-state index < -0.39 is 0 Å². The fraction of sp³-hybridized carbons (Fsp3) is 1.00. The standard InChI is InChI=1S/C15H31N3O/c1-15(2,18-9-11-19-12-10-18)14(17-16)13-7-5-3-4-6-8-13/h13-14,17H,3-12,16H2,1-2H3. The Balaban J connectivity index is 2.04. The van der Waals surface area contributed by atoms with Gasteiger partial charge in [0.25, 0.3) is 0 Å². The molecule has 1 unspecified atom stereocenters. The number of hydrazine groups is 1. The molecule has 0 spiro atoms. The highest BCUT2D eigenvalue weighted by Gasteiger charge is 2.39. The molecule has 0 aromatic heterocycles. The molecule has 2 rings (SSSR count). The zero-order valence-electron chi connectivity index (χ0n) is 12.7. The second-order valence-corrected chi connectivity index (χ2v) is 6.65. The largest absolute Gasteiger partial charge is 0.379 e. The second kappa shape index (κ2) is 7.02. The molecule has 112 valence electrons. The van der Waals surface area contributed by atoms with Crippen LogP contribution in [0.25, 0.3) is 0 Å². The summed E-state index contributed by atoms with van der Waals surface area (Å²) in [6, 6.07) is 0.378. The van der Waals surface area contributed by atoms with Crippen LogP contribution in [0, 0.1) is 5.92 Å². The van der Waals surface area contributed by atoms with Crippen molar-refractivity contribution in [3.05, 3.63) is 0 Å². The molecule has 0 radical (unpaired) electrons. The van der Waals surface area contributed by atoms with Gasteiger partial charge in [-0.2, -0.15) is 0 Å². The van der Waals surface area contributed by atoms with E-state index in [2.05, 4.69) is 24.2 Å². The molecule has 0 bridgehead atoms. The molecule has 1 saturated carbocycles. The maximum atomic E-state index is 5.94. The predicted octanol–water partition coefficient (Wildman–Crippen LogP) is 1.90. The number of morpholine rings is 1. The summed E-state index contributed by atoms with van der Waals surface area (Å²) >= 11 is 0. The maximum absolute atomic E-state index is 5.94. The maximum Gasteiger partial charge on any atom is 0.0594 e. The van der Waals surface area contributed by atoms with Crippen molar-refractivity contribution < 1.29 is 4.74 Å². The van der Waals surface area contributed by atoms with Crippen LogP contribution in [-0.4, -0.2) is 42.8 Å². The first-order valence-electron chi connectivity index (χ1n) is 7.95. The quantitative estimate of drug-likeness (QED) is 0.465. The number of nitrogens with zero attached hydrogens (tertiary/aromatic N) is 1. The van der Waals surface area contributed by atoms with Gasteiger partial charge >= 0.3 is 0 Å². The average molecular weight is 269 g/mol. The molecule has 1 saturated heterocycles. The van der Waals surface area contributed by atoms with Crippen LogP contribution >= 0.6 is 0 Å². The zero-order valence-corrected chi connectivity index (χ0v) is 12.7. The molecule has 19 heavy (non-hydrogen) atoms. The molecule has 1 heterocycles. The van der Waals surface area contributed by atoms with Gasteiger partial charge in [0.1, 0.15) is 0 Å². The van der Waals surface area contributed by atoms with Gasteiger partial charge in [0.15, 0.2) is 0 Å². The number of nitrogens with one attached hydrogen (secondary N) is 1. The number of hydrogen-bond acceptors (Lipinski definition) is 4. The van der Waals surface area contributed by atoms with E-state index in [9.17, 15) is 0 Å². The third-order valence-corrected chi connectivity index (χ3v) is 5.14. The van der Waals surface area contributed by atoms with E-state index in [4.69, 9.17) is 10.6 Å². The Morgan fingerprint density at radius 1 is 1.11 bits per heavy atom. The highest BCUT2D eigenvalue weighted by molar-refractivity contribution is 4.97. The van der Waals surface area contributed by atoms with Crippen LogP contribution < -0.4 is 11.3 Å². The Kier molecular flexibility index (Phi) is 5.63. The molecule has 0 aromatic rings. The molecule has 2 fully saturated rings. The monoisotopic (exact) mass is 269 g/mol. The van der Waals surface area contributed by atoms with Crippen molar-refractivity contribution in [2.45, 2.75) is 64.0 Å². The minimum absolute atomic E-state index is 0.105. The van der Waals surface area contributed by atoms with E-state index in [-0.39, 0.29) is 5.54 Å². The van der Waals surface area contributed by atoms with E-state index in [1.165, 1.54) is 38.5 Å². The fourth-order valence-electron chi connectivity index (χ4n) is 3.90. The summed E-state index contributed by atoms with van der Waals surface area (Å²) in [6.07, 6.45) is 8.16. The predicted molar refractivity (Wildman–Crippen MR) is 78.8 cm³/mol. The first-order valence-corrected chi connectivity index (χ1v) is 7.95. The number of hydrogen-bond donors (Lipinski definition) is 2. The van der Waals surface area contributed by atoms with Crippen molar-refractivity contribution in [1.29, 1.82) is 0 Å². The van der Waals surface area contributed by atoms with E-state index in [1.807, 2.05) is 0 Å². The van der Waals surface area contributed by atoms with Crippen molar-refractivity contribution in [2.24, 2.45) is 11.8 Å². The fourth-order valence-corrected chi connectivity index (χ4v) is 3.90. The van der Waals surface area contributed by atoms with Crippen LogP contribution in [0.2, 0.25) is 0 Å². The van der Waals surface area contributed by atoms with Gasteiger partial charge in [-0.25, -0.2) is 0 Å². The summed E-state index contributed by atoms with van der Waals surface area (Å²) < 4.78 is 5.48. The molecule has 1 aliphatic heterocycles. The molecule has 2 aliphatic rings. The van der Waals surface area contributed by atoms with Crippen LogP contribution in [-0.2, 0) is 4.74 Å². The Hall–Kier alpha value is -0.160. The zero-order chi connectivity index (χ0) is 13.7. The first-order chi connectivity index (χ1) is 9.16. The van der Waals surface area contributed by atoms with Gasteiger partial charge in [-0.3, -0.25) is 16.2 Å². The van der Waals surface area contributed by atoms with Gasteiger partial charge in [-0.05, 0) is 32.6 Å². The van der Waals surface area contributed by atoms with Crippen molar-refractivity contribution in [2.75, 3.05) is 26.3 Å². The SMILES string of the molecule is CC(C)(C(NN)C1CCCCCC1)N1CCOCC1. The van der Waals surface area contributed by atoms with E-state index in [0.717, 1.165) is 26.3 Å². The third kappa shape index (κ3) is 3.69. The summed E-state index contributed by atoms with van der Waals surface area (Å²) in [4.78, 5) is 2.55. The molecular formula is C15H31N3O. The third-order valence-electron chi connectivity index (χ3n) is 5.14. The Morgan fingerprint density at radius 2 is 1.68 bits per heavy atom. The molecule has 1 aliphatic carbocycles. The normalized spacial score (nSPS) is 26.1. The van der Waals surface area contributed by atoms with Crippen molar-refractivity contribution in [1.82, 2.24) is 10.3 Å². The van der Waals surface area contributed by atoms with Crippen molar-refractivity contribution >= 4 is 0 Å². The van der Waals surface area contributed by atoms with Gasteiger partial charge in [-0.1, -0.05) is 25.7 Å². The smallest absolute Gasteiger partial charge is 0.0594 e. The van der Waals surface area contributed by atoms with Crippen LogP contribution in [0.4, 0.5) is 0 Å². The second-order valence-electron chi connectivity index (χ2n) is 6.65. The van der Waals surface area contributed by atoms with Gasteiger partial charge in [0, 0.05) is 24.7 Å². The summed E-state index contributed by atoms with van der Waals surface area (Å²) in [5, 5.41) is 0. The molecule has 4 heteroatoms. The lowest BCUT2D eigenvalue weighted by molar-refractivity contribution is -0.0328. The van der Waals surface area contributed by atoms with E-state index in [0.29, 0.717) is 12.0 Å². The minimum atomic E-state index is 0.105. The van der Waals surface area contributed by atoms with E-state index >= 15 is 0 Å². The van der Waals surface area contributed by atoms with Crippen LogP contribution in [0.5, 0.6) is 0 Å². The minimum Gasteiger partial charge on any atom is -0.379 e. The summed E-state index contributed by atoms with van der Waals surface area (Å²) in [5.41, 5.74) is 3.26. The lowest BCUT2D eigenvalue weighted by Gasteiger charge is -2.48. The molecule has 0 aromatic carbocycles. The molecular weight excluding hydrogens is 238 g/mol. The highest BCUT2D eigenvalue weighted by atomic mass is 16.5. The highest BCUT2D eigenvalue weighted by Crippen LogP contribution is 2.33. The molecule has 3 N–H and O–H groups in total. The molecule has 1 atom stereocenters. The Labute approximate surface area is 118 Å². The average Bonchev–Trinajstić information content (AvgIpc) is 2.69. The van der Waals surface area contributed by atoms with Gasteiger partial charge in [0.2, 0.25) is 0 Å². The Bertz CT molecular complexity index is 256. The lowest BCUT2D eigenvalue weighted by atomic mass is 9.79. The number of ether oxygens (including phenoxy) is 1. The van der Waals surface area contributed by atoms with E-state index in [1.54, 1.807) is 0 Å². The van der Waals surface area contributed by atoms with Crippen LogP contribution in [0.3, 0.4) is 0 Å². The van der Waals surface area contributed by atoms with Crippen LogP contribution in [0.15, 0.2) is 0 Å². The van der Waals surface area contributed by atoms with Gasteiger partial charge < -0.3 is 4.74 Å². The summed E-state index contributed by atoms with van der Waals surface area (Å²) in [6.45, 7) is 8.44. The lowest BCUT2D eigenvalue weighted by Crippen LogP contribution is -2.64. The van der Waals surface area contributed by atoms with Gasteiger partial charge in [0.05, 0.1) is 13.2 Å². The Morgan fingerprint density at radius 3 is 2.21 bits per heavy atom. The van der Waals surface area contributed by atoms with Crippen molar-refractivity contribution in [3.8, 4) is 0 Å². The number of rotatable bonds is 4.